The van der Waals surface area contributed by atoms with Crippen molar-refractivity contribution >= 4 is 23.6 Å². The molecule has 0 fully saturated rings. The van der Waals surface area contributed by atoms with Crippen LogP contribution in [0, 0.1) is 0 Å². The third-order valence-corrected chi connectivity index (χ3v) is 10.9. The van der Waals surface area contributed by atoms with Gasteiger partial charge in [-0.2, -0.15) is 0 Å². The van der Waals surface area contributed by atoms with Gasteiger partial charge in [0.05, 0.1) is 6.33 Å². The molecule has 0 N–H and O–H groups in total. The van der Waals surface area contributed by atoms with E-state index in [2.05, 4.69) is 108 Å². The lowest BCUT2D eigenvalue weighted by atomic mass is 10.1. The average Bonchev–Trinajstić information content (AvgIpc) is 3.32. The van der Waals surface area contributed by atoms with E-state index in [0.717, 1.165) is 31.9 Å². The summed E-state index contributed by atoms with van der Waals surface area (Å²) in [6, 6.07) is 29.9. The van der Waals surface area contributed by atoms with Crippen LogP contribution in [0.5, 0.6) is 0 Å². The molecular formula is C28H32N2Si. The summed E-state index contributed by atoms with van der Waals surface area (Å²) in [7, 11) is -2.33. The Hall–Kier alpha value is -2.91. The van der Waals surface area contributed by atoms with Gasteiger partial charge in [-0.3, -0.25) is 0 Å². The molecular weight excluding hydrogens is 392 g/mol. The Labute approximate surface area is 187 Å². The smallest absolute Gasteiger partial charge is 0.168 e. The maximum Gasteiger partial charge on any atom is 0.168 e. The van der Waals surface area contributed by atoms with Crippen molar-refractivity contribution in [2.75, 3.05) is 0 Å². The molecule has 0 atom stereocenters. The van der Waals surface area contributed by atoms with E-state index in [0.29, 0.717) is 0 Å². The van der Waals surface area contributed by atoms with Gasteiger partial charge < -0.3 is 4.57 Å². The number of aryl methyl sites for hydroxylation is 2. The van der Waals surface area contributed by atoms with Crippen LogP contribution >= 0.6 is 0 Å². The lowest BCUT2D eigenvalue weighted by Crippen LogP contribution is -2.69. The first-order chi connectivity index (χ1) is 15.3. The van der Waals surface area contributed by atoms with E-state index >= 15 is 0 Å². The summed E-state index contributed by atoms with van der Waals surface area (Å²) < 4.78 is 2.28. The summed E-state index contributed by atoms with van der Waals surface area (Å²) >= 11 is 0. The Kier molecular flexibility index (Phi) is 6.83. The zero-order chi connectivity index (χ0) is 21.5. The first-order valence-corrected chi connectivity index (χ1v) is 13.7. The Morgan fingerprint density at radius 2 is 1.29 bits per heavy atom. The molecule has 0 spiro atoms. The monoisotopic (exact) mass is 424 g/mol. The van der Waals surface area contributed by atoms with Crippen molar-refractivity contribution in [2.45, 2.75) is 45.7 Å². The molecule has 4 rings (SSSR count). The van der Waals surface area contributed by atoms with Gasteiger partial charge in [-0.05, 0) is 39.5 Å². The average molecular weight is 425 g/mol. The number of hydrogen-bond acceptors (Lipinski definition) is 1. The van der Waals surface area contributed by atoms with Crippen LogP contribution in [-0.2, 0) is 19.0 Å². The molecule has 0 aliphatic rings. The lowest BCUT2D eigenvalue weighted by molar-refractivity contribution is 0.861. The fraction of sp³-hybridized carbons (Fsp3) is 0.250. The second-order valence-electron chi connectivity index (χ2n) is 8.41. The van der Waals surface area contributed by atoms with Crippen molar-refractivity contribution < 1.29 is 0 Å². The van der Waals surface area contributed by atoms with E-state index in [4.69, 9.17) is 0 Å². The third-order valence-electron chi connectivity index (χ3n) is 6.16. The summed E-state index contributed by atoms with van der Waals surface area (Å²) in [4.78, 5) is 4.37. The van der Waals surface area contributed by atoms with E-state index in [9.17, 15) is 0 Å². The SMILES string of the molecule is CCCc1cccc([Si](Cn2ccnc2)(c2ccccc2)c2cccc(CCC)c2)c1. The predicted molar refractivity (Wildman–Crippen MR) is 134 cm³/mol. The summed E-state index contributed by atoms with van der Waals surface area (Å²) in [5, 5.41) is 4.41. The van der Waals surface area contributed by atoms with Crippen molar-refractivity contribution in [2.24, 2.45) is 0 Å². The first-order valence-electron chi connectivity index (χ1n) is 11.5. The molecule has 31 heavy (non-hydrogen) atoms. The molecule has 4 aromatic rings. The molecule has 0 aliphatic carbocycles. The summed E-state index contributed by atoms with van der Waals surface area (Å²) in [6.45, 7) is 4.52. The zero-order valence-corrected chi connectivity index (χ0v) is 19.7. The Bertz CT molecular complexity index is 1040. The molecule has 0 bridgehead atoms. The van der Waals surface area contributed by atoms with Crippen LogP contribution < -0.4 is 15.6 Å². The molecule has 3 heteroatoms. The minimum Gasteiger partial charge on any atom is -0.339 e. The summed E-state index contributed by atoms with van der Waals surface area (Å²) in [5.41, 5.74) is 2.87. The Balaban J connectivity index is 1.99. The lowest BCUT2D eigenvalue weighted by Gasteiger charge is -2.34. The Morgan fingerprint density at radius 1 is 0.710 bits per heavy atom. The first kappa shape index (κ1) is 21.3. The molecule has 1 aromatic heterocycles. The molecule has 0 unspecified atom stereocenters. The molecule has 1 heterocycles. The molecule has 0 radical (unpaired) electrons. The number of aromatic nitrogens is 2. The number of hydrogen-bond donors (Lipinski definition) is 0. The van der Waals surface area contributed by atoms with Gasteiger partial charge in [-0.1, -0.05) is 106 Å². The topological polar surface area (TPSA) is 17.8 Å². The second kappa shape index (κ2) is 9.93. The van der Waals surface area contributed by atoms with Gasteiger partial charge in [-0.15, -0.1) is 0 Å². The van der Waals surface area contributed by atoms with Crippen molar-refractivity contribution in [3.8, 4) is 0 Å². The number of benzene rings is 3. The summed E-state index contributed by atoms with van der Waals surface area (Å²) in [6.07, 6.45) is 11.5. The van der Waals surface area contributed by atoms with E-state index in [-0.39, 0.29) is 0 Å². The highest BCUT2D eigenvalue weighted by molar-refractivity contribution is 7.10. The van der Waals surface area contributed by atoms with Gasteiger partial charge in [0, 0.05) is 18.6 Å². The molecule has 158 valence electrons. The molecule has 3 aromatic carbocycles. The van der Waals surface area contributed by atoms with Gasteiger partial charge in [-0.25, -0.2) is 4.98 Å². The standard InChI is InChI=1S/C28H32N2Si/c1-3-10-24-12-8-16-27(20-24)31(23-30-19-18-29-22-30,26-14-6-5-7-15-26)28-17-9-13-25(21-28)11-4-2/h5-9,12-22H,3-4,10-11,23H2,1-2H3. The van der Waals surface area contributed by atoms with E-state index in [1.165, 1.54) is 26.7 Å². The van der Waals surface area contributed by atoms with Crippen LogP contribution in [0.1, 0.15) is 37.8 Å². The molecule has 0 aliphatic heterocycles. The number of rotatable bonds is 9. The molecule has 0 saturated carbocycles. The minimum atomic E-state index is -2.33. The third kappa shape index (κ3) is 4.57. The predicted octanol–water partition coefficient (Wildman–Crippen LogP) is 4.50. The van der Waals surface area contributed by atoms with Crippen LogP contribution in [0.2, 0.25) is 0 Å². The van der Waals surface area contributed by atoms with E-state index < -0.39 is 8.07 Å². The van der Waals surface area contributed by atoms with Gasteiger partial charge in [0.25, 0.3) is 0 Å². The van der Waals surface area contributed by atoms with Crippen LogP contribution in [0.15, 0.2) is 97.6 Å². The van der Waals surface area contributed by atoms with E-state index in [1.807, 2.05) is 12.5 Å². The quantitative estimate of drug-likeness (QED) is 0.286. The molecule has 0 saturated heterocycles. The van der Waals surface area contributed by atoms with Crippen molar-refractivity contribution in [3.05, 3.63) is 109 Å². The van der Waals surface area contributed by atoms with Gasteiger partial charge in [0.1, 0.15) is 0 Å². The molecule has 2 nitrogen and oxygen atoms in total. The fourth-order valence-corrected chi connectivity index (χ4v) is 9.38. The van der Waals surface area contributed by atoms with Crippen molar-refractivity contribution in [3.63, 3.8) is 0 Å². The van der Waals surface area contributed by atoms with Crippen molar-refractivity contribution in [1.82, 2.24) is 9.55 Å². The fourth-order valence-electron chi connectivity index (χ4n) is 4.71. The minimum absolute atomic E-state index is 0.947. The Morgan fingerprint density at radius 3 is 1.81 bits per heavy atom. The van der Waals surface area contributed by atoms with Crippen molar-refractivity contribution in [1.29, 1.82) is 0 Å². The maximum absolute atomic E-state index is 4.37. The maximum atomic E-state index is 4.37. The largest absolute Gasteiger partial charge is 0.339 e. The number of nitrogens with zero attached hydrogens (tertiary/aromatic N) is 2. The van der Waals surface area contributed by atoms with Crippen LogP contribution in [0.3, 0.4) is 0 Å². The van der Waals surface area contributed by atoms with Gasteiger partial charge >= 0.3 is 0 Å². The highest BCUT2D eigenvalue weighted by atomic mass is 28.3. The van der Waals surface area contributed by atoms with Gasteiger partial charge in [0.15, 0.2) is 8.07 Å². The summed E-state index contributed by atoms with van der Waals surface area (Å²) in [5.74, 6) is 0. The second-order valence-corrected chi connectivity index (χ2v) is 12.3. The van der Waals surface area contributed by atoms with Crippen LogP contribution in [0.25, 0.3) is 0 Å². The van der Waals surface area contributed by atoms with Crippen LogP contribution in [-0.4, -0.2) is 17.6 Å². The van der Waals surface area contributed by atoms with Crippen LogP contribution in [0.4, 0.5) is 0 Å². The number of imidazole rings is 1. The van der Waals surface area contributed by atoms with Gasteiger partial charge in [0.2, 0.25) is 0 Å². The highest BCUT2D eigenvalue weighted by Crippen LogP contribution is 2.14. The van der Waals surface area contributed by atoms with E-state index in [1.54, 1.807) is 0 Å². The zero-order valence-electron chi connectivity index (χ0n) is 18.7. The highest BCUT2D eigenvalue weighted by Gasteiger charge is 2.40. The molecule has 0 amide bonds. The normalized spacial score (nSPS) is 11.5.